The van der Waals surface area contributed by atoms with Crippen molar-refractivity contribution in [1.82, 2.24) is 24.8 Å². The summed E-state index contributed by atoms with van der Waals surface area (Å²) in [5.74, 6) is -1.51. The van der Waals surface area contributed by atoms with Crippen molar-refractivity contribution >= 4 is 17.5 Å². The Morgan fingerprint density at radius 2 is 1.88 bits per heavy atom. The van der Waals surface area contributed by atoms with Crippen LogP contribution in [0.5, 0.6) is 0 Å². The predicted octanol–water partition coefficient (Wildman–Crippen LogP) is 3.40. The molecule has 0 unspecified atom stereocenters. The van der Waals surface area contributed by atoms with Gasteiger partial charge in [0.15, 0.2) is 5.65 Å². The number of halogens is 4. The largest absolute Gasteiger partial charge is 0.420 e. The van der Waals surface area contributed by atoms with Gasteiger partial charge in [-0.2, -0.15) is 18.3 Å². The van der Waals surface area contributed by atoms with Crippen LogP contribution in [0.1, 0.15) is 29.4 Å². The molecule has 0 saturated carbocycles. The first-order valence-corrected chi connectivity index (χ1v) is 10.3. The van der Waals surface area contributed by atoms with Gasteiger partial charge < -0.3 is 10.2 Å². The van der Waals surface area contributed by atoms with E-state index in [1.54, 1.807) is 7.05 Å². The lowest BCUT2D eigenvalue weighted by atomic mass is 9.86. The summed E-state index contributed by atoms with van der Waals surface area (Å²) in [6.45, 7) is 2.42. The van der Waals surface area contributed by atoms with Crippen LogP contribution in [-0.2, 0) is 11.0 Å². The van der Waals surface area contributed by atoms with E-state index in [9.17, 15) is 27.2 Å². The van der Waals surface area contributed by atoms with Crippen LogP contribution in [0.15, 0.2) is 36.5 Å². The highest BCUT2D eigenvalue weighted by Gasteiger charge is 2.37. The van der Waals surface area contributed by atoms with Gasteiger partial charge in [0, 0.05) is 31.6 Å². The highest BCUT2D eigenvalue weighted by atomic mass is 19.4. The fraction of sp³-hybridized carbons (Fsp3) is 0.364. The third kappa shape index (κ3) is 4.39. The van der Waals surface area contributed by atoms with Gasteiger partial charge in [-0.1, -0.05) is 6.92 Å². The third-order valence-electron chi connectivity index (χ3n) is 5.87. The van der Waals surface area contributed by atoms with E-state index in [-0.39, 0.29) is 47.8 Å². The molecule has 1 aromatic carbocycles. The molecule has 174 valence electrons. The van der Waals surface area contributed by atoms with E-state index in [4.69, 9.17) is 0 Å². The second-order valence-corrected chi connectivity index (χ2v) is 8.08. The normalized spacial score (nSPS) is 19.0. The molecule has 4 rings (SSSR count). The molecule has 1 aliphatic rings. The number of benzene rings is 1. The third-order valence-corrected chi connectivity index (χ3v) is 5.87. The number of rotatable bonds is 3. The van der Waals surface area contributed by atoms with Crippen molar-refractivity contribution in [1.29, 1.82) is 0 Å². The number of likely N-dealkylation sites (tertiary alicyclic amines) is 1. The smallest absolute Gasteiger partial charge is 0.359 e. The minimum atomic E-state index is -4.75. The highest BCUT2D eigenvalue weighted by molar-refractivity contribution is 5.93. The molecule has 1 N–H and O–H groups in total. The average Bonchev–Trinajstić information content (AvgIpc) is 3.21. The molecule has 0 spiro atoms. The van der Waals surface area contributed by atoms with E-state index in [1.165, 1.54) is 17.0 Å². The first-order valence-electron chi connectivity index (χ1n) is 10.3. The fourth-order valence-corrected chi connectivity index (χ4v) is 4.12. The lowest BCUT2D eigenvalue weighted by Crippen LogP contribution is -2.47. The lowest BCUT2D eigenvalue weighted by Gasteiger charge is -2.35. The summed E-state index contributed by atoms with van der Waals surface area (Å²) in [7, 11) is 1.55. The van der Waals surface area contributed by atoms with Crippen LogP contribution in [0, 0.1) is 17.7 Å². The van der Waals surface area contributed by atoms with Crippen LogP contribution < -0.4 is 5.32 Å². The number of carbonyl (C=O) groups excluding carboxylic acids is 2. The maximum Gasteiger partial charge on any atom is 0.420 e. The van der Waals surface area contributed by atoms with Crippen LogP contribution in [0.2, 0.25) is 0 Å². The molecular weight excluding hydrogens is 442 g/mol. The summed E-state index contributed by atoms with van der Waals surface area (Å²) < 4.78 is 55.5. The average molecular weight is 463 g/mol. The minimum absolute atomic E-state index is 0.0359. The molecule has 1 fully saturated rings. The second-order valence-electron chi connectivity index (χ2n) is 8.08. The summed E-state index contributed by atoms with van der Waals surface area (Å²) >= 11 is 0. The summed E-state index contributed by atoms with van der Waals surface area (Å²) in [5.41, 5.74) is -1.47. The molecule has 2 amide bonds. The van der Waals surface area contributed by atoms with Crippen molar-refractivity contribution in [2.24, 2.45) is 11.8 Å². The molecule has 7 nitrogen and oxygen atoms in total. The maximum atomic E-state index is 13.8. The van der Waals surface area contributed by atoms with E-state index in [2.05, 4.69) is 15.4 Å². The van der Waals surface area contributed by atoms with E-state index in [0.717, 1.165) is 28.9 Å². The highest BCUT2D eigenvalue weighted by Crippen LogP contribution is 2.34. The number of hydrogen-bond acceptors (Lipinski definition) is 4. The quantitative estimate of drug-likeness (QED) is 0.604. The first-order chi connectivity index (χ1) is 15.6. The fourth-order valence-electron chi connectivity index (χ4n) is 4.12. The molecule has 1 saturated heterocycles. The number of amides is 2. The van der Waals surface area contributed by atoms with Crippen molar-refractivity contribution in [2.45, 2.75) is 19.5 Å². The van der Waals surface area contributed by atoms with E-state index in [1.807, 2.05) is 6.92 Å². The zero-order valence-electron chi connectivity index (χ0n) is 17.9. The number of piperidine rings is 1. The van der Waals surface area contributed by atoms with Gasteiger partial charge in [-0.15, -0.1) is 0 Å². The van der Waals surface area contributed by atoms with E-state index >= 15 is 0 Å². The van der Waals surface area contributed by atoms with Gasteiger partial charge in [-0.05, 0) is 42.7 Å². The Bertz CT molecular complexity index is 1210. The molecule has 3 aromatic rings. The van der Waals surface area contributed by atoms with Crippen LogP contribution in [0.25, 0.3) is 16.9 Å². The van der Waals surface area contributed by atoms with Crippen LogP contribution in [-0.4, -0.2) is 51.4 Å². The van der Waals surface area contributed by atoms with E-state index in [0.29, 0.717) is 6.42 Å². The summed E-state index contributed by atoms with van der Waals surface area (Å²) in [6.07, 6.45) is -3.14. The number of hydrogen-bond donors (Lipinski definition) is 1. The number of nitrogens with one attached hydrogen (secondary N) is 1. The Morgan fingerprint density at radius 1 is 1.18 bits per heavy atom. The standard InChI is InChI=1S/C22H21F4N5O2/c1-12-10-30(8-7-15(12)20(32)27-2)21(33)18-11-31-19(28-18)16(22(24,25)26)9-17(29-31)13-3-5-14(23)6-4-13/h3-6,9,11-12,15H,7-8,10H2,1-2H3,(H,27,32)/t12-,15+/m0/s1. The topological polar surface area (TPSA) is 79.6 Å². The molecule has 2 aromatic heterocycles. The number of imidazole rings is 1. The molecule has 2 atom stereocenters. The van der Waals surface area contributed by atoms with Crippen molar-refractivity contribution in [2.75, 3.05) is 20.1 Å². The van der Waals surface area contributed by atoms with E-state index < -0.39 is 29.1 Å². The molecular formula is C22H21F4N5O2. The van der Waals surface area contributed by atoms with Crippen molar-refractivity contribution in [3.05, 3.63) is 53.6 Å². The van der Waals surface area contributed by atoms with Gasteiger partial charge in [-0.25, -0.2) is 13.9 Å². The number of alkyl halides is 3. The van der Waals surface area contributed by atoms with Gasteiger partial charge in [0.2, 0.25) is 5.91 Å². The Balaban J connectivity index is 1.69. The van der Waals surface area contributed by atoms with Crippen molar-refractivity contribution in [3.63, 3.8) is 0 Å². The summed E-state index contributed by atoms with van der Waals surface area (Å²) in [5, 5.41) is 6.77. The van der Waals surface area contributed by atoms with Crippen molar-refractivity contribution in [3.8, 4) is 11.3 Å². The number of fused-ring (bicyclic) bond motifs is 1. The minimum Gasteiger partial charge on any atom is -0.359 e. The molecule has 11 heteroatoms. The molecule has 0 radical (unpaired) electrons. The first kappa shape index (κ1) is 22.7. The summed E-state index contributed by atoms with van der Waals surface area (Å²) in [6, 6.07) is 5.73. The van der Waals surface area contributed by atoms with Gasteiger partial charge in [0.05, 0.1) is 11.9 Å². The zero-order valence-corrected chi connectivity index (χ0v) is 17.9. The SMILES string of the molecule is CNC(=O)[C@@H]1CCN(C(=O)c2cn3nc(-c4ccc(F)cc4)cc(C(F)(F)F)c3n2)C[C@@H]1C. The summed E-state index contributed by atoms with van der Waals surface area (Å²) in [4.78, 5) is 30.4. The number of carbonyl (C=O) groups is 2. The number of nitrogens with zero attached hydrogens (tertiary/aromatic N) is 4. The Morgan fingerprint density at radius 3 is 2.48 bits per heavy atom. The Kier molecular flexibility index (Phi) is 5.81. The van der Waals surface area contributed by atoms with Crippen LogP contribution in [0.4, 0.5) is 17.6 Å². The van der Waals surface area contributed by atoms with Crippen LogP contribution >= 0.6 is 0 Å². The second kappa shape index (κ2) is 8.45. The zero-order chi connectivity index (χ0) is 23.9. The Labute approximate surface area is 186 Å². The van der Waals surface area contributed by atoms with Gasteiger partial charge in [0.25, 0.3) is 5.91 Å². The van der Waals surface area contributed by atoms with Gasteiger partial charge in [-0.3, -0.25) is 9.59 Å². The molecule has 3 heterocycles. The maximum absolute atomic E-state index is 13.8. The van der Waals surface area contributed by atoms with Gasteiger partial charge >= 0.3 is 6.18 Å². The van der Waals surface area contributed by atoms with Gasteiger partial charge in [0.1, 0.15) is 17.1 Å². The van der Waals surface area contributed by atoms with Crippen molar-refractivity contribution < 1.29 is 27.2 Å². The monoisotopic (exact) mass is 463 g/mol. The molecule has 0 bridgehead atoms. The lowest BCUT2D eigenvalue weighted by molar-refractivity contribution is -0.136. The molecule has 0 aliphatic carbocycles. The Hall–Kier alpha value is -3.50. The molecule has 1 aliphatic heterocycles. The predicted molar refractivity (Wildman–Crippen MR) is 111 cm³/mol. The molecule has 33 heavy (non-hydrogen) atoms. The number of aromatic nitrogens is 3. The van der Waals surface area contributed by atoms with Crippen LogP contribution in [0.3, 0.4) is 0 Å².